The fourth-order valence-corrected chi connectivity index (χ4v) is 3.29. The number of Topliss-reactive ketones (excluding diaryl/α,β-unsaturated/α-hetero) is 1. The molecule has 2 heterocycles. The van der Waals surface area contributed by atoms with E-state index in [1.165, 1.54) is 24.7 Å². The molecule has 6 heteroatoms. The van der Waals surface area contributed by atoms with Crippen molar-refractivity contribution in [2.45, 2.75) is 33.1 Å². The third-order valence-corrected chi connectivity index (χ3v) is 4.64. The van der Waals surface area contributed by atoms with Crippen LogP contribution < -0.4 is 4.90 Å². The number of hydrogen-bond donors (Lipinski definition) is 1. The average Bonchev–Trinajstić information content (AvgIpc) is 2.68. The van der Waals surface area contributed by atoms with Gasteiger partial charge < -0.3 is 10.0 Å². The van der Waals surface area contributed by atoms with Gasteiger partial charge in [0.1, 0.15) is 4.88 Å². The van der Waals surface area contributed by atoms with E-state index < -0.39 is 5.97 Å². The molecule has 1 atom stereocenters. The minimum atomic E-state index is -1.13. The van der Waals surface area contributed by atoms with Crippen LogP contribution in [0, 0.1) is 5.92 Å². The molecule has 1 aromatic heterocycles. The summed E-state index contributed by atoms with van der Waals surface area (Å²) in [5, 5.41) is 9.76. The number of carbonyl (C=O) groups is 2. The summed E-state index contributed by atoms with van der Waals surface area (Å²) in [5.74, 6) is -0.670. The van der Waals surface area contributed by atoms with Gasteiger partial charge in [-0.1, -0.05) is 18.3 Å². The number of carboxylic acids is 1. The van der Waals surface area contributed by atoms with Crippen LogP contribution in [0.5, 0.6) is 0 Å². The lowest BCUT2D eigenvalue weighted by molar-refractivity contribution is 0.0687. The molecular formula is C13H18N2O3S. The van der Waals surface area contributed by atoms with E-state index in [0.717, 1.165) is 25.9 Å². The first-order chi connectivity index (χ1) is 8.99. The van der Waals surface area contributed by atoms with E-state index in [2.05, 4.69) is 16.8 Å². The van der Waals surface area contributed by atoms with Crippen molar-refractivity contribution in [2.75, 3.05) is 18.0 Å². The van der Waals surface area contributed by atoms with Crippen molar-refractivity contribution in [3.63, 3.8) is 0 Å². The second kappa shape index (κ2) is 5.69. The lowest BCUT2D eigenvalue weighted by atomic mass is 10.0. The van der Waals surface area contributed by atoms with Gasteiger partial charge in [-0.2, -0.15) is 0 Å². The van der Waals surface area contributed by atoms with Crippen LogP contribution in [0.1, 0.15) is 53.3 Å². The van der Waals surface area contributed by atoms with E-state index in [0.29, 0.717) is 11.0 Å². The van der Waals surface area contributed by atoms with Gasteiger partial charge in [0.05, 0.1) is 0 Å². The van der Waals surface area contributed by atoms with Crippen molar-refractivity contribution in [3.05, 3.63) is 10.6 Å². The monoisotopic (exact) mass is 282 g/mol. The van der Waals surface area contributed by atoms with Crippen molar-refractivity contribution in [1.82, 2.24) is 4.98 Å². The van der Waals surface area contributed by atoms with Crippen LogP contribution in [0.15, 0.2) is 0 Å². The number of anilines is 1. The number of thiazole rings is 1. The zero-order valence-corrected chi connectivity index (χ0v) is 12.0. The minimum absolute atomic E-state index is 0.107. The largest absolute Gasteiger partial charge is 0.476 e. The third kappa shape index (κ3) is 3.12. The zero-order chi connectivity index (χ0) is 14.0. The molecule has 1 aromatic rings. The number of aromatic nitrogens is 1. The molecule has 0 aromatic carbocycles. The molecule has 1 aliphatic rings. The number of hydrogen-bond acceptors (Lipinski definition) is 5. The van der Waals surface area contributed by atoms with Gasteiger partial charge >= 0.3 is 5.97 Å². The minimum Gasteiger partial charge on any atom is -0.476 e. The van der Waals surface area contributed by atoms with Crippen molar-refractivity contribution in [2.24, 2.45) is 5.92 Å². The molecule has 19 heavy (non-hydrogen) atoms. The molecular weight excluding hydrogens is 264 g/mol. The van der Waals surface area contributed by atoms with Crippen LogP contribution in [0.25, 0.3) is 0 Å². The molecule has 0 radical (unpaired) electrons. The fourth-order valence-electron chi connectivity index (χ4n) is 2.28. The van der Waals surface area contributed by atoms with Crippen LogP contribution in [0.3, 0.4) is 0 Å². The van der Waals surface area contributed by atoms with Crippen LogP contribution in [-0.4, -0.2) is 34.9 Å². The van der Waals surface area contributed by atoms with Crippen LogP contribution in [-0.2, 0) is 0 Å². The summed E-state index contributed by atoms with van der Waals surface area (Å²) in [5.41, 5.74) is -0.107. The van der Waals surface area contributed by atoms with E-state index in [4.69, 9.17) is 5.11 Å². The second-order valence-corrected chi connectivity index (χ2v) is 6.04. The molecule has 1 unspecified atom stereocenters. The Kier molecular flexibility index (Phi) is 4.19. The molecule has 0 aliphatic carbocycles. The van der Waals surface area contributed by atoms with Crippen LogP contribution in [0.2, 0.25) is 0 Å². The van der Waals surface area contributed by atoms with Crippen LogP contribution >= 0.6 is 11.3 Å². The van der Waals surface area contributed by atoms with Crippen molar-refractivity contribution >= 4 is 28.2 Å². The maximum absolute atomic E-state index is 11.5. The summed E-state index contributed by atoms with van der Waals surface area (Å²) in [7, 11) is 0. The summed E-state index contributed by atoms with van der Waals surface area (Å²) in [6, 6.07) is 0. The van der Waals surface area contributed by atoms with Gasteiger partial charge in [-0.15, -0.1) is 0 Å². The van der Waals surface area contributed by atoms with Gasteiger partial charge in [-0.3, -0.25) is 4.79 Å². The van der Waals surface area contributed by atoms with Gasteiger partial charge in [0.25, 0.3) is 0 Å². The Morgan fingerprint density at radius 3 is 2.68 bits per heavy atom. The number of rotatable bonds is 3. The summed E-state index contributed by atoms with van der Waals surface area (Å²) >= 11 is 1.20. The molecule has 1 N–H and O–H groups in total. The molecule has 0 spiro atoms. The summed E-state index contributed by atoms with van der Waals surface area (Å²) in [6.45, 7) is 5.38. The number of carbonyl (C=O) groups excluding carboxylic acids is 1. The Balaban J connectivity index is 2.27. The summed E-state index contributed by atoms with van der Waals surface area (Å²) in [4.78, 5) is 29.1. The highest BCUT2D eigenvalue weighted by Gasteiger charge is 2.24. The SMILES string of the molecule is CC(=O)c1sc(N2CCCC(C)CC2)nc1C(=O)O. The van der Waals surface area contributed by atoms with Gasteiger partial charge in [0.15, 0.2) is 16.6 Å². The summed E-state index contributed by atoms with van der Waals surface area (Å²) in [6.07, 6.45) is 3.35. The lowest BCUT2D eigenvalue weighted by Crippen LogP contribution is -2.24. The number of nitrogens with zero attached hydrogens (tertiary/aromatic N) is 2. The highest BCUT2D eigenvalue weighted by molar-refractivity contribution is 7.17. The van der Waals surface area contributed by atoms with Gasteiger partial charge in [0.2, 0.25) is 0 Å². The molecule has 2 rings (SSSR count). The number of carboxylic acid groups (broad SMARTS) is 1. The maximum atomic E-state index is 11.5. The maximum Gasteiger partial charge on any atom is 0.356 e. The van der Waals surface area contributed by atoms with Crippen LogP contribution in [0.4, 0.5) is 5.13 Å². The molecule has 5 nitrogen and oxygen atoms in total. The number of aromatic carboxylic acids is 1. The molecule has 0 amide bonds. The van der Waals surface area contributed by atoms with Crippen molar-refractivity contribution < 1.29 is 14.7 Å². The topological polar surface area (TPSA) is 70.5 Å². The van der Waals surface area contributed by atoms with Gasteiger partial charge in [-0.05, 0) is 25.2 Å². The molecule has 1 saturated heterocycles. The summed E-state index contributed by atoms with van der Waals surface area (Å²) < 4.78 is 0. The lowest BCUT2D eigenvalue weighted by Gasteiger charge is -2.18. The van der Waals surface area contributed by atoms with Crippen molar-refractivity contribution in [1.29, 1.82) is 0 Å². The van der Waals surface area contributed by atoms with E-state index in [1.54, 1.807) is 0 Å². The molecule has 1 fully saturated rings. The normalized spacial score (nSPS) is 20.1. The Morgan fingerprint density at radius 1 is 1.37 bits per heavy atom. The molecule has 1 aliphatic heterocycles. The molecule has 0 saturated carbocycles. The second-order valence-electron chi connectivity index (χ2n) is 5.06. The predicted octanol–water partition coefficient (Wildman–Crippen LogP) is 2.67. The first-order valence-corrected chi connectivity index (χ1v) is 7.30. The molecule has 0 bridgehead atoms. The Bertz CT molecular complexity index is 467. The van der Waals surface area contributed by atoms with E-state index in [1.807, 2.05) is 0 Å². The van der Waals surface area contributed by atoms with Gasteiger partial charge in [-0.25, -0.2) is 9.78 Å². The highest BCUT2D eigenvalue weighted by atomic mass is 32.1. The Morgan fingerprint density at radius 2 is 2.11 bits per heavy atom. The Labute approximate surface area is 116 Å². The first kappa shape index (κ1) is 14.0. The predicted molar refractivity (Wildman–Crippen MR) is 74.3 cm³/mol. The smallest absolute Gasteiger partial charge is 0.356 e. The quantitative estimate of drug-likeness (QED) is 0.863. The fraction of sp³-hybridized carbons (Fsp3) is 0.615. The van der Waals surface area contributed by atoms with Crippen molar-refractivity contribution in [3.8, 4) is 0 Å². The first-order valence-electron chi connectivity index (χ1n) is 6.49. The Hall–Kier alpha value is -1.43. The standard InChI is InChI=1S/C13H18N2O3S/c1-8-4-3-6-15(7-5-8)13-14-10(12(17)18)11(19-13)9(2)16/h8H,3-7H2,1-2H3,(H,17,18). The third-order valence-electron chi connectivity index (χ3n) is 3.43. The van der Waals surface area contributed by atoms with E-state index in [-0.39, 0.29) is 16.4 Å². The van der Waals surface area contributed by atoms with E-state index >= 15 is 0 Å². The average molecular weight is 282 g/mol. The highest BCUT2D eigenvalue weighted by Crippen LogP contribution is 2.29. The zero-order valence-electron chi connectivity index (χ0n) is 11.2. The van der Waals surface area contributed by atoms with Gasteiger partial charge in [0, 0.05) is 20.0 Å². The number of ketones is 1. The van der Waals surface area contributed by atoms with E-state index in [9.17, 15) is 9.59 Å². The molecule has 104 valence electrons.